The van der Waals surface area contributed by atoms with Crippen LogP contribution >= 0.6 is 0 Å². The van der Waals surface area contributed by atoms with E-state index in [4.69, 9.17) is 9.47 Å². The van der Waals surface area contributed by atoms with Gasteiger partial charge in [0.2, 0.25) is 0 Å². The predicted molar refractivity (Wildman–Crippen MR) is 70.4 cm³/mol. The SMILES string of the molecule is CCCNC(COC)C(C)(C)N1CCOCC1. The third kappa shape index (κ3) is 4.21. The molecule has 1 N–H and O–H groups in total. The van der Waals surface area contributed by atoms with Gasteiger partial charge in [-0.25, -0.2) is 0 Å². The van der Waals surface area contributed by atoms with Crippen molar-refractivity contribution in [3.05, 3.63) is 0 Å². The van der Waals surface area contributed by atoms with E-state index in [1.165, 1.54) is 0 Å². The minimum absolute atomic E-state index is 0.106. The van der Waals surface area contributed by atoms with Crippen molar-refractivity contribution in [3.8, 4) is 0 Å². The van der Waals surface area contributed by atoms with E-state index >= 15 is 0 Å². The van der Waals surface area contributed by atoms with Crippen LogP contribution in [-0.2, 0) is 9.47 Å². The van der Waals surface area contributed by atoms with Crippen molar-refractivity contribution in [1.29, 1.82) is 0 Å². The van der Waals surface area contributed by atoms with E-state index in [9.17, 15) is 0 Å². The molecular weight excluding hydrogens is 216 g/mol. The Labute approximate surface area is 106 Å². The van der Waals surface area contributed by atoms with Crippen LogP contribution in [0, 0.1) is 0 Å². The highest BCUT2D eigenvalue weighted by molar-refractivity contribution is 4.94. The summed E-state index contributed by atoms with van der Waals surface area (Å²) in [5.74, 6) is 0. The summed E-state index contributed by atoms with van der Waals surface area (Å²) in [6.45, 7) is 12.3. The number of methoxy groups -OCH3 is 1. The summed E-state index contributed by atoms with van der Waals surface area (Å²) in [6, 6.07) is 0.366. The van der Waals surface area contributed by atoms with E-state index in [1.807, 2.05) is 0 Å². The lowest BCUT2D eigenvalue weighted by Crippen LogP contribution is -2.62. The Hall–Kier alpha value is -0.160. The zero-order chi connectivity index (χ0) is 12.7. The molecule has 0 spiro atoms. The zero-order valence-electron chi connectivity index (χ0n) is 11.8. The average molecular weight is 244 g/mol. The van der Waals surface area contributed by atoms with Gasteiger partial charge in [0.1, 0.15) is 0 Å². The molecule has 0 radical (unpaired) electrons. The quantitative estimate of drug-likeness (QED) is 0.727. The van der Waals surface area contributed by atoms with E-state index < -0.39 is 0 Å². The number of morpholine rings is 1. The van der Waals surface area contributed by atoms with Gasteiger partial charge in [0.05, 0.1) is 19.8 Å². The first-order chi connectivity index (χ1) is 8.12. The largest absolute Gasteiger partial charge is 0.383 e. The first kappa shape index (κ1) is 14.9. The van der Waals surface area contributed by atoms with Gasteiger partial charge in [0.15, 0.2) is 0 Å². The van der Waals surface area contributed by atoms with Crippen molar-refractivity contribution >= 4 is 0 Å². The van der Waals surface area contributed by atoms with Crippen LogP contribution in [0.5, 0.6) is 0 Å². The highest BCUT2D eigenvalue weighted by Crippen LogP contribution is 2.21. The number of rotatable bonds is 7. The summed E-state index contributed by atoms with van der Waals surface area (Å²) in [4.78, 5) is 2.50. The molecule has 102 valence electrons. The fourth-order valence-corrected chi connectivity index (χ4v) is 2.36. The Morgan fingerprint density at radius 2 is 2.00 bits per heavy atom. The van der Waals surface area contributed by atoms with Crippen LogP contribution in [0.15, 0.2) is 0 Å². The maximum Gasteiger partial charge on any atom is 0.0633 e. The van der Waals surface area contributed by atoms with Gasteiger partial charge >= 0.3 is 0 Å². The summed E-state index contributed by atoms with van der Waals surface area (Å²) in [5, 5.41) is 3.60. The van der Waals surface area contributed by atoms with Gasteiger partial charge in [-0.2, -0.15) is 0 Å². The highest BCUT2D eigenvalue weighted by Gasteiger charge is 2.35. The summed E-state index contributed by atoms with van der Waals surface area (Å²) in [7, 11) is 1.77. The molecule has 0 aromatic carbocycles. The number of hydrogen-bond acceptors (Lipinski definition) is 4. The smallest absolute Gasteiger partial charge is 0.0633 e. The lowest BCUT2D eigenvalue weighted by atomic mass is 9.92. The Bertz CT molecular complexity index is 204. The minimum Gasteiger partial charge on any atom is -0.383 e. The van der Waals surface area contributed by atoms with E-state index in [0.717, 1.165) is 45.9 Å². The van der Waals surface area contributed by atoms with Crippen LogP contribution in [0.1, 0.15) is 27.2 Å². The molecule has 1 fully saturated rings. The predicted octanol–water partition coefficient (Wildman–Crippen LogP) is 1.11. The zero-order valence-corrected chi connectivity index (χ0v) is 11.8. The first-order valence-electron chi connectivity index (χ1n) is 6.68. The molecule has 1 unspecified atom stereocenters. The van der Waals surface area contributed by atoms with Crippen molar-refractivity contribution < 1.29 is 9.47 Å². The first-order valence-corrected chi connectivity index (χ1v) is 6.68. The van der Waals surface area contributed by atoms with Gasteiger partial charge in [-0.1, -0.05) is 6.92 Å². The molecule has 0 saturated carbocycles. The molecule has 0 aromatic rings. The second-order valence-electron chi connectivity index (χ2n) is 5.22. The number of hydrogen-bond donors (Lipinski definition) is 1. The van der Waals surface area contributed by atoms with Gasteiger partial charge in [-0.15, -0.1) is 0 Å². The third-order valence-corrected chi connectivity index (χ3v) is 3.65. The molecule has 1 heterocycles. The molecular formula is C13H28N2O2. The Morgan fingerprint density at radius 1 is 1.35 bits per heavy atom. The Morgan fingerprint density at radius 3 is 2.53 bits per heavy atom. The molecule has 1 aliphatic rings. The van der Waals surface area contributed by atoms with E-state index in [1.54, 1.807) is 7.11 Å². The van der Waals surface area contributed by atoms with Crippen LogP contribution in [0.3, 0.4) is 0 Å². The van der Waals surface area contributed by atoms with E-state index in [2.05, 4.69) is 31.0 Å². The van der Waals surface area contributed by atoms with Gasteiger partial charge in [-0.05, 0) is 26.8 Å². The van der Waals surface area contributed by atoms with Gasteiger partial charge in [0.25, 0.3) is 0 Å². The fourth-order valence-electron chi connectivity index (χ4n) is 2.36. The van der Waals surface area contributed by atoms with Gasteiger partial charge in [-0.3, -0.25) is 4.90 Å². The number of nitrogens with one attached hydrogen (secondary N) is 1. The van der Waals surface area contributed by atoms with Crippen molar-refractivity contribution in [2.45, 2.75) is 38.8 Å². The van der Waals surface area contributed by atoms with Crippen molar-refractivity contribution in [3.63, 3.8) is 0 Å². The minimum atomic E-state index is 0.106. The maximum absolute atomic E-state index is 5.42. The molecule has 1 aliphatic heterocycles. The van der Waals surface area contributed by atoms with Gasteiger partial charge in [0, 0.05) is 31.8 Å². The van der Waals surface area contributed by atoms with Crippen molar-refractivity contribution in [1.82, 2.24) is 10.2 Å². The molecule has 1 rings (SSSR count). The van der Waals surface area contributed by atoms with Crippen LogP contribution in [0.4, 0.5) is 0 Å². The topological polar surface area (TPSA) is 33.7 Å². The summed E-state index contributed by atoms with van der Waals surface area (Å²) >= 11 is 0. The molecule has 1 atom stereocenters. The van der Waals surface area contributed by atoms with Crippen LogP contribution in [0.2, 0.25) is 0 Å². The second-order valence-corrected chi connectivity index (χ2v) is 5.22. The normalized spacial score (nSPS) is 20.5. The molecule has 0 aromatic heterocycles. The average Bonchev–Trinajstić information content (AvgIpc) is 2.35. The summed E-state index contributed by atoms with van der Waals surface area (Å²) in [6.07, 6.45) is 1.15. The molecule has 17 heavy (non-hydrogen) atoms. The standard InChI is InChI=1S/C13H28N2O2/c1-5-6-14-12(11-16-4)13(2,3)15-7-9-17-10-8-15/h12,14H,5-11H2,1-4H3. The molecule has 0 amide bonds. The monoisotopic (exact) mass is 244 g/mol. The lowest BCUT2D eigenvalue weighted by Gasteiger charge is -2.45. The van der Waals surface area contributed by atoms with Crippen LogP contribution in [-0.4, -0.2) is 63.0 Å². The number of ether oxygens (including phenoxy) is 2. The molecule has 4 heteroatoms. The number of nitrogens with zero attached hydrogens (tertiary/aromatic N) is 1. The summed E-state index contributed by atoms with van der Waals surface area (Å²) < 4.78 is 10.8. The third-order valence-electron chi connectivity index (χ3n) is 3.65. The van der Waals surface area contributed by atoms with E-state index in [-0.39, 0.29) is 5.54 Å². The molecule has 0 bridgehead atoms. The highest BCUT2D eigenvalue weighted by atomic mass is 16.5. The Balaban J connectivity index is 2.60. The molecule has 0 aliphatic carbocycles. The fraction of sp³-hybridized carbons (Fsp3) is 1.00. The summed E-state index contributed by atoms with van der Waals surface area (Å²) in [5.41, 5.74) is 0.106. The molecule has 1 saturated heterocycles. The second kappa shape index (κ2) is 7.31. The van der Waals surface area contributed by atoms with Crippen LogP contribution in [0.25, 0.3) is 0 Å². The van der Waals surface area contributed by atoms with Crippen molar-refractivity contribution in [2.75, 3.05) is 46.6 Å². The Kier molecular flexibility index (Phi) is 6.41. The van der Waals surface area contributed by atoms with E-state index in [0.29, 0.717) is 6.04 Å². The van der Waals surface area contributed by atoms with Gasteiger partial charge < -0.3 is 14.8 Å². The van der Waals surface area contributed by atoms with Crippen LogP contribution < -0.4 is 5.32 Å². The maximum atomic E-state index is 5.42. The lowest BCUT2D eigenvalue weighted by molar-refractivity contribution is -0.0337. The molecule has 4 nitrogen and oxygen atoms in total. The van der Waals surface area contributed by atoms with Crippen molar-refractivity contribution in [2.24, 2.45) is 0 Å².